The zero-order valence-electron chi connectivity index (χ0n) is 12.4. The highest BCUT2D eigenvalue weighted by Crippen LogP contribution is 2.14. The lowest BCUT2D eigenvalue weighted by atomic mass is 10.2. The lowest BCUT2D eigenvalue weighted by Gasteiger charge is -2.18. The van der Waals surface area contributed by atoms with E-state index in [0.717, 1.165) is 11.3 Å². The van der Waals surface area contributed by atoms with Gasteiger partial charge in [-0.15, -0.1) is 10.2 Å². The lowest BCUT2D eigenvalue weighted by Crippen LogP contribution is -2.24. The van der Waals surface area contributed by atoms with E-state index in [-0.39, 0.29) is 5.91 Å². The molecule has 0 aliphatic rings. The van der Waals surface area contributed by atoms with Crippen LogP contribution >= 0.6 is 0 Å². The molecule has 0 atom stereocenters. The van der Waals surface area contributed by atoms with E-state index in [1.165, 1.54) is 4.90 Å². The molecule has 0 unspecified atom stereocenters. The largest absolute Gasteiger partial charge is 0.399 e. The minimum Gasteiger partial charge on any atom is -0.399 e. The molecule has 2 N–H and O–H groups in total. The fourth-order valence-electron chi connectivity index (χ4n) is 1.92. The summed E-state index contributed by atoms with van der Waals surface area (Å²) in [5, 5.41) is 8.07. The summed E-state index contributed by atoms with van der Waals surface area (Å²) in [5.41, 5.74) is 7.93. The Morgan fingerprint density at radius 1 is 1.14 bits per heavy atom. The first-order chi connectivity index (χ1) is 9.97. The van der Waals surface area contributed by atoms with Crippen LogP contribution in [0.5, 0.6) is 0 Å². The minimum atomic E-state index is -0.160. The van der Waals surface area contributed by atoms with E-state index in [9.17, 15) is 4.79 Å². The summed E-state index contributed by atoms with van der Waals surface area (Å²) in [6.07, 6.45) is 0. The van der Waals surface area contributed by atoms with Crippen molar-refractivity contribution in [1.29, 1.82) is 0 Å². The van der Waals surface area contributed by atoms with Crippen LogP contribution in [-0.4, -0.2) is 42.1 Å². The molecule has 1 amide bonds. The number of anilines is 2. The fourth-order valence-corrected chi connectivity index (χ4v) is 1.92. The molecule has 0 saturated heterocycles. The zero-order chi connectivity index (χ0) is 15.4. The van der Waals surface area contributed by atoms with Crippen molar-refractivity contribution in [2.24, 2.45) is 0 Å². The van der Waals surface area contributed by atoms with Gasteiger partial charge in [0.25, 0.3) is 5.91 Å². The van der Waals surface area contributed by atoms with Crippen molar-refractivity contribution >= 4 is 17.4 Å². The molecule has 2 rings (SSSR count). The van der Waals surface area contributed by atoms with Crippen LogP contribution in [0.25, 0.3) is 0 Å². The number of carbonyl (C=O) groups excluding carboxylic acids is 1. The number of amides is 1. The summed E-state index contributed by atoms with van der Waals surface area (Å²) < 4.78 is 0. The molecule has 0 radical (unpaired) electrons. The van der Waals surface area contributed by atoms with Gasteiger partial charge in [0, 0.05) is 33.4 Å². The molecular weight excluding hydrogens is 266 g/mol. The maximum Gasteiger partial charge on any atom is 0.273 e. The van der Waals surface area contributed by atoms with E-state index in [1.54, 1.807) is 26.2 Å². The SMILES string of the molecule is CN(C)C(=O)c1ccc(N(C)Cc2cccc(N)c2)nn1. The Morgan fingerprint density at radius 3 is 2.48 bits per heavy atom. The van der Waals surface area contributed by atoms with Gasteiger partial charge in [-0.1, -0.05) is 12.1 Å². The average Bonchev–Trinajstić information content (AvgIpc) is 2.46. The van der Waals surface area contributed by atoms with Gasteiger partial charge in [-0.05, 0) is 29.8 Å². The number of carbonyl (C=O) groups is 1. The number of nitrogens with zero attached hydrogens (tertiary/aromatic N) is 4. The van der Waals surface area contributed by atoms with Crippen LogP contribution in [-0.2, 0) is 6.54 Å². The molecule has 2 aromatic rings. The van der Waals surface area contributed by atoms with E-state index in [4.69, 9.17) is 5.73 Å². The van der Waals surface area contributed by atoms with Crippen LogP contribution < -0.4 is 10.6 Å². The second-order valence-corrected chi connectivity index (χ2v) is 5.08. The van der Waals surface area contributed by atoms with Crippen molar-refractivity contribution < 1.29 is 4.79 Å². The molecule has 21 heavy (non-hydrogen) atoms. The molecule has 6 nitrogen and oxygen atoms in total. The van der Waals surface area contributed by atoms with E-state index in [2.05, 4.69) is 10.2 Å². The Hall–Kier alpha value is -2.63. The average molecular weight is 285 g/mol. The summed E-state index contributed by atoms with van der Waals surface area (Å²) in [5.74, 6) is 0.542. The third-order valence-corrected chi connectivity index (χ3v) is 3.04. The number of nitrogen functional groups attached to an aromatic ring is 1. The van der Waals surface area contributed by atoms with Gasteiger partial charge in [-0.2, -0.15) is 0 Å². The van der Waals surface area contributed by atoms with Crippen LogP contribution in [0.15, 0.2) is 36.4 Å². The molecule has 0 saturated carbocycles. The third-order valence-electron chi connectivity index (χ3n) is 3.04. The Balaban J connectivity index is 2.09. The Morgan fingerprint density at radius 2 is 1.90 bits per heavy atom. The standard InChI is InChI=1S/C15H19N5O/c1-19(2)15(21)13-7-8-14(18-17-13)20(3)10-11-5-4-6-12(16)9-11/h4-9H,10,16H2,1-3H3. The number of benzene rings is 1. The van der Waals surface area contributed by atoms with E-state index in [0.29, 0.717) is 18.1 Å². The van der Waals surface area contributed by atoms with Gasteiger partial charge in [0.2, 0.25) is 0 Å². The molecule has 0 aliphatic heterocycles. The van der Waals surface area contributed by atoms with Gasteiger partial charge in [0.1, 0.15) is 0 Å². The number of hydrogen-bond donors (Lipinski definition) is 1. The summed E-state index contributed by atoms with van der Waals surface area (Å²) in [4.78, 5) is 15.2. The molecule has 6 heteroatoms. The smallest absolute Gasteiger partial charge is 0.273 e. The van der Waals surface area contributed by atoms with Crippen molar-refractivity contribution in [3.63, 3.8) is 0 Å². The molecule has 110 valence electrons. The van der Waals surface area contributed by atoms with Crippen molar-refractivity contribution in [1.82, 2.24) is 15.1 Å². The van der Waals surface area contributed by atoms with Gasteiger partial charge >= 0.3 is 0 Å². The number of hydrogen-bond acceptors (Lipinski definition) is 5. The Kier molecular flexibility index (Phi) is 4.37. The van der Waals surface area contributed by atoms with Crippen molar-refractivity contribution in [3.8, 4) is 0 Å². The highest BCUT2D eigenvalue weighted by atomic mass is 16.2. The first-order valence-corrected chi connectivity index (χ1v) is 6.58. The first-order valence-electron chi connectivity index (χ1n) is 6.58. The summed E-state index contributed by atoms with van der Waals surface area (Å²) in [6.45, 7) is 0.667. The molecule has 1 aromatic carbocycles. The van der Waals surface area contributed by atoms with Crippen LogP contribution in [0.4, 0.5) is 11.5 Å². The number of nitrogens with two attached hydrogens (primary N) is 1. The monoisotopic (exact) mass is 285 g/mol. The van der Waals surface area contributed by atoms with Crippen LogP contribution in [0.2, 0.25) is 0 Å². The predicted octanol–water partition coefficient (Wildman–Crippen LogP) is 1.40. The van der Waals surface area contributed by atoms with E-state index >= 15 is 0 Å². The van der Waals surface area contributed by atoms with Gasteiger partial charge in [0.05, 0.1) is 0 Å². The van der Waals surface area contributed by atoms with Crippen LogP contribution in [0, 0.1) is 0 Å². The van der Waals surface area contributed by atoms with Crippen LogP contribution in [0.1, 0.15) is 16.1 Å². The molecule has 0 aliphatic carbocycles. The highest BCUT2D eigenvalue weighted by Gasteiger charge is 2.11. The second-order valence-electron chi connectivity index (χ2n) is 5.08. The maximum atomic E-state index is 11.8. The van der Waals surface area contributed by atoms with Gasteiger partial charge in [-0.25, -0.2) is 0 Å². The minimum absolute atomic E-state index is 0.160. The summed E-state index contributed by atoms with van der Waals surface area (Å²) >= 11 is 0. The Labute approximate surface area is 124 Å². The molecule has 1 heterocycles. The molecular formula is C15H19N5O. The second kappa shape index (κ2) is 6.21. The first kappa shape index (κ1) is 14.8. The van der Waals surface area contributed by atoms with Gasteiger partial charge in [0.15, 0.2) is 11.5 Å². The quantitative estimate of drug-likeness (QED) is 0.859. The maximum absolute atomic E-state index is 11.8. The van der Waals surface area contributed by atoms with Crippen LogP contribution in [0.3, 0.4) is 0 Å². The topological polar surface area (TPSA) is 75.4 Å². The molecule has 0 bridgehead atoms. The van der Waals surface area contributed by atoms with Crippen molar-refractivity contribution in [2.45, 2.75) is 6.54 Å². The molecule has 1 aromatic heterocycles. The van der Waals surface area contributed by atoms with Crippen molar-refractivity contribution in [2.75, 3.05) is 31.8 Å². The van der Waals surface area contributed by atoms with Gasteiger partial charge in [-0.3, -0.25) is 4.79 Å². The zero-order valence-corrected chi connectivity index (χ0v) is 12.4. The number of aromatic nitrogens is 2. The number of rotatable bonds is 4. The van der Waals surface area contributed by atoms with Gasteiger partial charge < -0.3 is 15.5 Å². The summed E-state index contributed by atoms with van der Waals surface area (Å²) in [7, 11) is 5.29. The van der Waals surface area contributed by atoms with E-state index in [1.807, 2.05) is 36.2 Å². The lowest BCUT2D eigenvalue weighted by molar-refractivity contribution is 0.0821. The summed E-state index contributed by atoms with van der Waals surface area (Å²) in [6, 6.07) is 11.2. The van der Waals surface area contributed by atoms with E-state index < -0.39 is 0 Å². The molecule has 0 fully saturated rings. The molecule has 0 spiro atoms. The Bertz CT molecular complexity index is 624. The fraction of sp³-hybridized carbons (Fsp3) is 0.267. The highest BCUT2D eigenvalue weighted by molar-refractivity contribution is 5.91. The predicted molar refractivity (Wildman–Crippen MR) is 83.0 cm³/mol. The normalized spacial score (nSPS) is 10.2. The third kappa shape index (κ3) is 3.68. The van der Waals surface area contributed by atoms with Crippen molar-refractivity contribution in [3.05, 3.63) is 47.7 Å².